The molecule has 7 heteroatoms. The summed E-state index contributed by atoms with van der Waals surface area (Å²) in [7, 11) is 3.52. The Morgan fingerprint density at radius 1 is 1.59 bits per heavy atom. The topological polar surface area (TPSA) is 76.3 Å². The quantitative estimate of drug-likeness (QED) is 0.690. The smallest absolute Gasteiger partial charge is 0.165 e. The Morgan fingerprint density at radius 2 is 2.35 bits per heavy atom. The lowest BCUT2D eigenvalue weighted by Crippen LogP contribution is -2.32. The maximum Gasteiger partial charge on any atom is 0.165 e. The first-order chi connectivity index (χ1) is 8.20. The number of hydrogen-bond acceptors (Lipinski definition) is 6. The number of hydrogen-bond donors (Lipinski definition) is 1. The standard InChI is InChI=1S/C10H19N5O2/c1-14(5-9(16)7-17-2)6-10-11-12-13-15(10)8-3-4-8/h8-9,16H,3-7H2,1-2H3. The van der Waals surface area contributed by atoms with E-state index < -0.39 is 6.10 Å². The van der Waals surface area contributed by atoms with Gasteiger partial charge in [-0.1, -0.05) is 0 Å². The molecule has 0 radical (unpaired) electrons. The van der Waals surface area contributed by atoms with E-state index in [-0.39, 0.29) is 0 Å². The molecule has 1 aliphatic rings. The minimum absolute atomic E-state index is 0.345. The van der Waals surface area contributed by atoms with E-state index in [0.717, 1.165) is 18.7 Å². The van der Waals surface area contributed by atoms with Crippen LogP contribution in [0.1, 0.15) is 24.7 Å². The van der Waals surface area contributed by atoms with Crippen LogP contribution >= 0.6 is 0 Å². The third-order valence-corrected chi connectivity index (χ3v) is 2.75. The van der Waals surface area contributed by atoms with Crippen molar-refractivity contribution in [2.75, 3.05) is 27.3 Å². The molecule has 1 heterocycles. The van der Waals surface area contributed by atoms with Crippen LogP contribution in [0.4, 0.5) is 0 Å². The first kappa shape index (κ1) is 12.4. The average Bonchev–Trinajstić information content (AvgIpc) is 3.00. The Bertz CT molecular complexity index is 352. The second-order valence-electron chi connectivity index (χ2n) is 4.58. The lowest BCUT2D eigenvalue weighted by molar-refractivity contribution is 0.0411. The van der Waals surface area contributed by atoms with Crippen LogP contribution in [0.2, 0.25) is 0 Å². The van der Waals surface area contributed by atoms with Gasteiger partial charge in [0.2, 0.25) is 0 Å². The summed E-state index contributed by atoms with van der Waals surface area (Å²) in [5, 5.41) is 21.3. The molecule has 2 rings (SSSR count). The van der Waals surface area contributed by atoms with Crippen LogP contribution in [-0.2, 0) is 11.3 Å². The van der Waals surface area contributed by atoms with Gasteiger partial charge >= 0.3 is 0 Å². The summed E-state index contributed by atoms with van der Waals surface area (Å²) in [5.74, 6) is 0.861. The number of tetrazole rings is 1. The number of rotatable bonds is 7. The number of ether oxygens (including phenoxy) is 1. The molecule has 0 spiro atoms. The molecule has 0 amide bonds. The molecule has 0 bridgehead atoms. The summed E-state index contributed by atoms with van der Waals surface area (Å²) in [6.45, 7) is 1.54. The largest absolute Gasteiger partial charge is 0.389 e. The van der Waals surface area contributed by atoms with Crippen LogP contribution in [0.5, 0.6) is 0 Å². The lowest BCUT2D eigenvalue weighted by Gasteiger charge is -2.19. The number of aliphatic hydroxyl groups excluding tert-OH is 1. The van der Waals surface area contributed by atoms with Crippen molar-refractivity contribution in [3.8, 4) is 0 Å². The van der Waals surface area contributed by atoms with Crippen LogP contribution in [-0.4, -0.2) is 63.6 Å². The number of aliphatic hydroxyl groups is 1. The number of nitrogens with zero attached hydrogens (tertiary/aromatic N) is 5. The van der Waals surface area contributed by atoms with Crippen molar-refractivity contribution in [1.29, 1.82) is 0 Å². The molecule has 7 nitrogen and oxygen atoms in total. The van der Waals surface area contributed by atoms with Crippen LogP contribution in [0.25, 0.3) is 0 Å². The predicted octanol–water partition coefficient (Wildman–Crippen LogP) is -0.553. The Labute approximate surface area is 100 Å². The van der Waals surface area contributed by atoms with E-state index in [1.165, 1.54) is 0 Å². The maximum atomic E-state index is 9.61. The molecular formula is C10H19N5O2. The molecule has 1 saturated carbocycles. The highest BCUT2D eigenvalue weighted by Gasteiger charge is 2.28. The molecule has 1 atom stereocenters. The van der Waals surface area contributed by atoms with Crippen molar-refractivity contribution in [1.82, 2.24) is 25.1 Å². The Kier molecular flexibility index (Phi) is 4.03. The molecule has 1 fully saturated rings. The first-order valence-corrected chi connectivity index (χ1v) is 5.83. The molecule has 0 saturated heterocycles. The molecule has 96 valence electrons. The normalized spacial score (nSPS) is 17.6. The third kappa shape index (κ3) is 3.45. The second-order valence-corrected chi connectivity index (χ2v) is 4.58. The highest BCUT2D eigenvalue weighted by Crippen LogP contribution is 2.34. The van der Waals surface area contributed by atoms with E-state index in [9.17, 15) is 5.11 Å². The van der Waals surface area contributed by atoms with Gasteiger partial charge in [-0.2, -0.15) is 0 Å². The van der Waals surface area contributed by atoms with Crippen molar-refractivity contribution in [3.63, 3.8) is 0 Å². The van der Waals surface area contributed by atoms with E-state index in [2.05, 4.69) is 15.5 Å². The monoisotopic (exact) mass is 241 g/mol. The highest BCUT2D eigenvalue weighted by molar-refractivity contribution is 4.90. The molecule has 1 aromatic heterocycles. The van der Waals surface area contributed by atoms with E-state index in [4.69, 9.17) is 4.74 Å². The molecule has 0 aromatic carbocycles. The van der Waals surface area contributed by atoms with Gasteiger partial charge in [0, 0.05) is 13.7 Å². The summed E-state index contributed by atoms with van der Waals surface area (Å²) in [6, 6.07) is 0.484. The van der Waals surface area contributed by atoms with Gasteiger partial charge in [-0.25, -0.2) is 4.68 Å². The fraction of sp³-hybridized carbons (Fsp3) is 0.900. The Morgan fingerprint density at radius 3 is 3.00 bits per heavy atom. The molecule has 0 aliphatic heterocycles. The Hall–Kier alpha value is -1.05. The van der Waals surface area contributed by atoms with Gasteiger partial charge in [0.25, 0.3) is 0 Å². The van der Waals surface area contributed by atoms with Gasteiger partial charge in [0.15, 0.2) is 5.82 Å². The van der Waals surface area contributed by atoms with E-state index in [0.29, 0.717) is 25.7 Å². The summed E-state index contributed by atoms with van der Waals surface area (Å²) >= 11 is 0. The van der Waals surface area contributed by atoms with Crippen LogP contribution in [0, 0.1) is 0 Å². The molecule has 1 unspecified atom stereocenters. The van der Waals surface area contributed by atoms with Gasteiger partial charge in [-0.15, -0.1) is 5.10 Å². The molecule has 1 aliphatic carbocycles. The fourth-order valence-electron chi connectivity index (χ4n) is 1.83. The van der Waals surface area contributed by atoms with E-state index in [1.54, 1.807) is 7.11 Å². The zero-order valence-electron chi connectivity index (χ0n) is 10.3. The average molecular weight is 241 g/mol. The molecule has 1 aromatic rings. The Balaban J connectivity index is 1.84. The highest BCUT2D eigenvalue weighted by atomic mass is 16.5. The van der Waals surface area contributed by atoms with Gasteiger partial charge in [-0.05, 0) is 30.3 Å². The maximum absolute atomic E-state index is 9.61. The summed E-state index contributed by atoms with van der Waals surface area (Å²) in [4.78, 5) is 1.99. The zero-order chi connectivity index (χ0) is 12.3. The van der Waals surface area contributed by atoms with Gasteiger partial charge in [0.1, 0.15) is 0 Å². The van der Waals surface area contributed by atoms with Crippen molar-refractivity contribution < 1.29 is 9.84 Å². The van der Waals surface area contributed by atoms with Gasteiger partial charge < -0.3 is 9.84 Å². The summed E-state index contributed by atoms with van der Waals surface area (Å²) < 4.78 is 6.78. The minimum Gasteiger partial charge on any atom is -0.389 e. The predicted molar refractivity (Wildman–Crippen MR) is 60.3 cm³/mol. The molecular weight excluding hydrogens is 222 g/mol. The van der Waals surface area contributed by atoms with Gasteiger partial charge in [0.05, 0.1) is 25.3 Å². The molecule has 17 heavy (non-hydrogen) atoms. The lowest BCUT2D eigenvalue weighted by atomic mass is 10.3. The summed E-state index contributed by atoms with van der Waals surface area (Å²) in [5.41, 5.74) is 0. The zero-order valence-corrected chi connectivity index (χ0v) is 10.3. The third-order valence-electron chi connectivity index (χ3n) is 2.75. The van der Waals surface area contributed by atoms with Crippen molar-refractivity contribution in [2.45, 2.75) is 31.5 Å². The number of likely N-dealkylation sites (N-methyl/N-ethyl adjacent to an activating group) is 1. The number of methoxy groups -OCH3 is 1. The van der Waals surface area contributed by atoms with Crippen molar-refractivity contribution >= 4 is 0 Å². The van der Waals surface area contributed by atoms with E-state index in [1.807, 2.05) is 16.6 Å². The van der Waals surface area contributed by atoms with Crippen molar-refractivity contribution in [3.05, 3.63) is 5.82 Å². The van der Waals surface area contributed by atoms with Crippen molar-refractivity contribution in [2.24, 2.45) is 0 Å². The fourth-order valence-corrected chi connectivity index (χ4v) is 1.83. The first-order valence-electron chi connectivity index (χ1n) is 5.83. The van der Waals surface area contributed by atoms with E-state index >= 15 is 0 Å². The van der Waals surface area contributed by atoms with Crippen LogP contribution in [0.15, 0.2) is 0 Å². The van der Waals surface area contributed by atoms with Crippen LogP contribution < -0.4 is 0 Å². The SMILES string of the molecule is COCC(O)CN(C)Cc1nnnn1C1CC1. The number of aromatic nitrogens is 4. The minimum atomic E-state index is -0.477. The summed E-state index contributed by atoms with van der Waals surface area (Å²) in [6.07, 6.45) is 1.84. The van der Waals surface area contributed by atoms with Gasteiger partial charge in [-0.3, -0.25) is 4.90 Å². The van der Waals surface area contributed by atoms with Crippen LogP contribution in [0.3, 0.4) is 0 Å². The second kappa shape index (κ2) is 5.52. The molecule has 1 N–H and O–H groups in total.